The molecular weight excluding hydrogens is 166 g/mol. The molecule has 0 amide bonds. The molecule has 0 aliphatic carbocycles. The summed E-state index contributed by atoms with van der Waals surface area (Å²) in [6.45, 7) is 2.29. The zero-order valence-electron chi connectivity index (χ0n) is 7.53. The minimum absolute atomic E-state index is 0.0312. The molecule has 0 saturated carbocycles. The van der Waals surface area contributed by atoms with Crippen molar-refractivity contribution in [2.24, 2.45) is 0 Å². The van der Waals surface area contributed by atoms with Crippen molar-refractivity contribution in [1.29, 1.82) is 0 Å². The topological polar surface area (TPSA) is 41.5 Å². The lowest BCUT2D eigenvalue weighted by molar-refractivity contribution is 0.101. The molecule has 0 unspecified atom stereocenters. The molecule has 0 aromatic heterocycles. The molecule has 13 heavy (non-hydrogen) atoms. The van der Waals surface area contributed by atoms with Crippen LogP contribution in [0.3, 0.4) is 0 Å². The summed E-state index contributed by atoms with van der Waals surface area (Å²) in [7, 11) is 0. The monoisotopic (exact) mass is 179 g/mol. The van der Waals surface area contributed by atoms with Crippen molar-refractivity contribution >= 4 is 5.69 Å². The SMILES string of the molecule is C[C@H]1Nc2ccccc2OC[C@@H]1O. The van der Waals surface area contributed by atoms with Gasteiger partial charge in [0.2, 0.25) is 0 Å². The highest BCUT2D eigenvalue weighted by Crippen LogP contribution is 2.27. The zero-order valence-corrected chi connectivity index (χ0v) is 7.53. The molecule has 2 rings (SSSR count). The molecule has 2 atom stereocenters. The van der Waals surface area contributed by atoms with E-state index in [1.807, 2.05) is 31.2 Å². The van der Waals surface area contributed by atoms with Crippen LogP contribution >= 0.6 is 0 Å². The molecule has 0 bridgehead atoms. The normalized spacial score (nSPS) is 26.6. The van der Waals surface area contributed by atoms with E-state index in [-0.39, 0.29) is 6.04 Å². The summed E-state index contributed by atoms with van der Waals surface area (Å²) < 4.78 is 5.42. The van der Waals surface area contributed by atoms with Gasteiger partial charge in [-0.05, 0) is 19.1 Å². The van der Waals surface area contributed by atoms with Gasteiger partial charge in [-0.15, -0.1) is 0 Å². The fourth-order valence-corrected chi connectivity index (χ4v) is 1.37. The Morgan fingerprint density at radius 1 is 1.46 bits per heavy atom. The van der Waals surface area contributed by atoms with Crippen LogP contribution in [-0.4, -0.2) is 23.9 Å². The number of hydrogen-bond donors (Lipinski definition) is 2. The van der Waals surface area contributed by atoms with Gasteiger partial charge in [0.25, 0.3) is 0 Å². The van der Waals surface area contributed by atoms with Crippen LogP contribution in [0.5, 0.6) is 5.75 Å². The van der Waals surface area contributed by atoms with E-state index >= 15 is 0 Å². The van der Waals surface area contributed by atoms with E-state index in [9.17, 15) is 5.11 Å². The van der Waals surface area contributed by atoms with Crippen molar-refractivity contribution < 1.29 is 9.84 Å². The fraction of sp³-hybridized carbons (Fsp3) is 0.400. The minimum atomic E-state index is -0.451. The third-order valence-corrected chi connectivity index (χ3v) is 2.26. The lowest BCUT2D eigenvalue weighted by atomic mass is 10.2. The maximum Gasteiger partial charge on any atom is 0.142 e. The van der Waals surface area contributed by atoms with Crippen LogP contribution in [0.2, 0.25) is 0 Å². The molecule has 0 radical (unpaired) electrons. The molecule has 0 spiro atoms. The Bertz CT molecular complexity index is 301. The molecule has 70 valence electrons. The number of aliphatic hydroxyl groups is 1. The van der Waals surface area contributed by atoms with E-state index in [0.717, 1.165) is 11.4 Å². The fourth-order valence-electron chi connectivity index (χ4n) is 1.37. The van der Waals surface area contributed by atoms with Gasteiger partial charge in [0.15, 0.2) is 0 Å². The van der Waals surface area contributed by atoms with Gasteiger partial charge < -0.3 is 15.2 Å². The number of ether oxygens (including phenoxy) is 1. The molecule has 1 aromatic rings. The maximum absolute atomic E-state index is 9.54. The Balaban J connectivity index is 2.29. The van der Waals surface area contributed by atoms with Gasteiger partial charge in [-0.2, -0.15) is 0 Å². The number of benzene rings is 1. The number of rotatable bonds is 0. The lowest BCUT2D eigenvalue weighted by Crippen LogP contribution is -2.32. The Kier molecular flexibility index (Phi) is 2.10. The van der Waals surface area contributed by atoms with Crippen LogP contribution in [-0.2, 0) is 0 Å². The number of anilines is 1. The highest BCUT2D eigenvalue weighted by atomic mass is 16.5. The van der Waals surface area contributed by atoms with Crippen LogP contribution < -0.4 is 10.1 Å². The summed E-state index contributed by atoms with van der Waals surface area (Å²) in [5.41, 5.74) is 0.951. The highest BCUT2D eigenvalue weighted by molar-refractivity contribution is 5.57. The Labute approximate surface area is 77.3 Å². The standard InChI is InChI=1S/C10H13NO2/c1-7-9(12)6-13-10-5-3-2-4-8(10)11-7/h2-5,7,9,11-12H,6H2,1H3/t7-,9+/m1/s1. The van der Waals surface area contributed by atoms with Crippen LogP contribution in [0.4, 0.5) is 5.69 Å². The van der Waals surface area contributed by atoms with E-state index in [1.165, 1.54) is 0 Å². The average molecular weight is 179 g/mol. The van der Waals surface area contributed by atoms with Crippen molar-refractivity contribution in [2.75, 3.05) is 11.9 Å². The largest absolute Gasteiger partial charge is 0.489 e. The number of para-hydroxylation sites is 2. The second kappa shape index (κ2) is 3.26. The second-order valence-corrected chi connectivity index (χ2v) is 3.31. The molecule has 1 heterocycles. The third-order valence-electron chi connectivity index (χ3n) is 2.26. The number of nitrogens with one attached hydrogen (secondary N) is 1. The molecule has 3 heteroatoms. The van der Waals surface area contributed by atoms with Crippen molar-refractivity contribution in [2.45, 2.75) is 19.1 Å². The lowest BCUT2D eigenvalue weighted by Gasteiger charge is -2.15. The molecule has 3 nitrogen and oxygen atoms in total. The van der Waals surface area contributed by atoms with Gasteiger partial charge in [0, 0.05) is 0 Å². The van der Waals surface area contributed by atoms with E-state index < -0.39 is 6.10 Å². The molecule has 1 aromatic carbocycles. The maximum atomic E-state index is 9.54. The molecule has 1 aliphatic rings. The molecular formula is C10H13NO2. The van der Waals surface area contributed by atoms with Crippen molar-refractivity contribution in [3.8, 4) is 5.75 Å². The molecule has 1 aliphatic heterocycles. The zero-order chi connectivity index (χ0) is 9.26. The van der Waals surface area contributed by atoms with Gasteiger partial charge >= 0.3 is 0 Å². The third kappa shape index (κ3) is 1.60. The van der Waals surface area contributed by atoms with Crippen LogP contribution in [0, 0.1) is 0 Å². The van der Waals surface area contributed by atoms with E-state index in [2.05, 4.69) is 5.32 Å². The van der Waals surface area contributed by atoms with Gasteiger partial charge in [-0.3, -0.25) is 0 Å². The van der Waals surface area contributed by atoms with Crippen LogP contribution in [0.15, 0.2) is 24.3 Å². The van der Waals surface area contributed by atoms with Crippen molar-refractivity contribution in [1.82, 2.24) is 0 Å². The average Bonchev–Trinajstić information content (AvgIpc) is 2.28. The smallest absolute Gasteiger partial charge is 0.142 e. The Morgan fingerprint density at radius 2 is 2.23 bits per heavy atom. The highest BCUT2D eigenvalue weighted by Gasteiger charge is 2.20. The predicted molar refractivity (Wildman–Crippen MR) is 51.0 cm³/mol. The Hall–Kier alpha value is -1.22. The summed E-state index contributed by atoms with van der Waals surface area (Å²) in [5, 5.41) is 12.7. The molecule has 0 fully saturated rings. The summed E-state index contributed by atoms with van der Waals surface area (Å²) >= 11 is 0. The van der Waals surface area contributed by atoms with Gasteiger partial charge in [-0.1, -0.05) is 12.1 Å². The minimum Gasteiger partial charge on any atom is -0.489 e. The number of aliphatic hydroxyl groups excluding tert-OH is 1. The van der Waals surface area contributed by atoms with E-state index in [1.54, 1.807) is 0 Å². The predicted octanol–water partition coefficient (Wildman–Crippen LogP) is 1.24. The first kappa shape index (κ1) is 8.38. The van der Waals surface area contributed by atoms with Crippen LogP contribution in [0.1, 0.15) is 6.92 Å². The van der Waals surface area contributed by atoms with Gasteiger partial charge in [-0.25, -0.2) is 0 Å². The first-order chi connectivity index (χ1) is 6.27. The van der Waals surface area contributed by atoms with Gasteiger partial charge in [0.1, 0.15) is 18.5 Å². The summed E-state index contributed by atoms with van der Waals surface area (Å²) in [6, 6.07) is 7.74. The van der Waals surface area contributed by atoms with E-state index in [0.29, 0.717) is 6.61 Å². The second-order valence-electron chi connectivity index (χ2n) is 3.31. The quantitative estimate of drug-likeness (QED) is 0.629. The van der Waals surface area contributed by atoms with Crippen LogP contribution in [0.25, 0.3) is 0 Å². The number of fused-ring (bicyclic) bond motifs is 1. The number of hydrogen-bond acceptors (Lipinski definition) is 3. The Morgan fingerprint density at radius 3 is 3.08 bits per heavy atom. The summed E-state index contributed by atoms with van der Waals surface area (Å²) in [4.78, 5) is 0. The summed E-state index contributed by atoms with van der Waals surface area (Å²) in [5.74, 6) is 0.811. The first-order valence-corrected chi connectivity index (χ1v) is 4.44. The summed E-state index contributed by atoms with van der Waals surface area (Å²) in [6.07, 6.45) is -0.451. The van der Waals surface area contributed by atoms with Crippen molar-refractivity contribution in [3.05, 3.63) is 24.3 Å². The van der Waals surface area contributed by atoms with E-state index in [4.69, 9.17) is 4.74 Å². The van der Waals surface area contributed by atoms with Crippen molar-refractivity contribution in [3.63, 3.8) is 0 Å². The molecule has 0 saturated heterocycles. The van der Waals surface area contributed by atoms with Gasteiger partial charge in [0.05, 0.1) is 11.7 Å². The first-order valence-electron chi connectivity index (χ1n) is 4.44. The molecule has 2 N–H and O–H groups in total.